The summed E-state index contributed by atoms with van der Waals surface area (Å²) in [6.07, 6.45) is -1.18. The summed E-state index contributed by atoms with van der Waals surface area (Å²) in [5.41, 5.74) is 5.32. The third-order valence-electron chi connectivity index (χ3n) is 4.31. The molecular formula is C13H20N2O5. The third kappa shape index (κ3) is 2.31. The van der Waals surface area contributed by atoms with E-state index in [2.05, 4.69) is 0 Å². The lowest BCUT2D eigenvalue weighted by Gasteiger charge is -2.45. The van der Waals surface area contributed by atoms with Gasteiger partial charge in [-0.15, -0.1) is 0 Å². The zero-order valence-electron chi connectivity index (χ0n) is 11.9. The van der Waals surface area contributed by atoms with Crippen LogP contribution in [0.2, 0.25) is 0 Å². The van der Waals surface area contributed by atoms with Crippen LogP contribution in [-0.2, 0) is 23.9 Å². The van der Waals surface area contributed by atoms with E-state index in [1.165, 1.54) is 12.0 Å². The van der Waals surface area contributed by atoms with Crippen molar-refractivity contribution in [3.05, 3.63) is 0 Å². The predicted molar refractivity (Wildman–Crippen MR) is 68.1 cm³/mol. The highest BCUT2D eigenvalue weighted by Crippen LogP contribution is 2.36. The second-order valence-corrected chi connectivity index (χ2v) is 5.43. The van der Waals surface area contributed by atoms with E-state index >= 15 is 0 Å². The molecule has 2 N–H and O–H groups in total. The van der Waals surface area contributed by atoms with Crippen LogP contribution in [-0.4, -0.2) is 48.2 Å². The Morgan fingerprint density at radius 2 is 1.80 bits per heavy atom. The lowest BCUT2D eigenvalue weighted by molar-refractivity contribution is -0.237. The number of methoxy groups -OCH3 is 1. The van der Waals surface area contributed by atoms with Crippen LogP contribution in [0.3, 0.4) is 0 Å². The molecule has 2 aliphatic rings. The van der Waals surface area contributed by atoms with E-state index in [4.69, 9.17) is 15.2 Å². The molecule has 0 aromatic carbocycles. The van der Waals surface area contributed by atoms with Crippen LogP contribution in [0, 0.1) is 11.8 Å². The van der Waals surface area contributed by atoms with Gasteiger partial charge in [0.15, 0.2) is 6.29 Å². The minimum absolute atomic E-state index is 0.141. The first-order valence-corrected chi connectivity index (χ1v) is 6.71. The van der Waals surface area contributed by atoms with Crippen molar-refractivity contribution in [2.45, 2.75) is 45.1 Å². The molecule has 2 saturated heterocycles. The standard InChI is InChI=1S/C13H20N2O5/c1-6-7(2)11(12(14)18)20-13(19-3)10(6)15-8(16)4-5-9(15)17/h6-7,10-11,13H,4-5H2,1-3H3,(H2,14,18). The summed E-state index contributed by atoms with van der Waals surface area (Å²) in [6, 6.07) is -0.520. The number of nitrogens with two attached hydrogens (primary N) is 1. The molecule has 0 bridgehead atoms. The zero-order valence-corrected chi connectivity index (χ0v) is 11.9. The van der Waals surface area contributed by atoms with Gasteiger partial charge in [-0.3, -0.25) is 19.3 Å². The smallest absolute Gasteiger partial charge is 0.246 e. The molecule has 0 radical (unpaired) electrons. The number of rotatable bonds is 3. The molecule has 5 atom stereocenters. The molecule has 112 valence electrons. The van der Waals surface area contributed by atoms with Crippen LogP contribution in [0.15, 0.2) is 0 Å². The molecule has 2 heterocycles. The second-order valence-electron chi connectivity index (χ2n) is 5.43. The zero-order chi connectivity index (χ0) is 15.0. The van der Waals surface area contributed by atoms with Gasteiger partial charge >= 0.3 is 0 Å². The molecule has 0 aliphatic carbocycles. The maximum absolute atomic E-state index is 11.9. The van der Waals surface area contributed by atoms with E-state index in [1.54, 1.807) is 0 Å². The van der Waals surface area contributed by atoms with Crippen molar-refractivity contribution in [2.75, 3.05) is 7.11 Å². The van der Waals surface area contributed by atoms with Crippen LogP contribution >= 0.6 is 0 Å². The topological polar surface area (TPSA) is 98.9 Å². The molecule has 2 aliphatic heterocycles. The van der Waals surface area contributed by atoms with Gasteiger partial charge in [-0.2, -0.15) is 0 Å². The Kier molecular flexibility index (Phi) is 4.10. The van der Waals surface area contributed by atoms with Crippen molar-refractivity contribution < 1.29 is 23.9 Å². The molecule has 0 spiro atoms. The van der Waals surface area contributed by atoms with Gasteiger partial charge < -0.3 is 15.2 Å². The van der Waals surface area contributed by atoms with Gasteiger partial charge in [0.1, 0.15) is 6.10 Å². The number of amides is 3. The molecule has 5 unspecified atom stereocenters. The number of likely N-dealkylation sites (tertiary alicyclic amines) is 1. The van der Waals surface area contributed by atoms with Crippen molar-refractivity contribution in [1.82, 2.24) is 4.90 Å². The fourth-order valence-electron chi connectivity index (χ4n) is 2.99. The van der Waals surface area contributed by atoms with E-state index in [1.807, 2.05) is 13.8 Å². The Balaban J connectivity index is 2.30. The van der Waals surface area contributed by atoms with E-state index in [9.17, 15) is 14.4 Å². The average Bonchev–Trinajstić information content (AvgIpc) is 2.72. The predicted octanol–water partition coefficient (Wildman–Crippen LogP) is -0.367. The maximum atomic E-state index is 11.9. The van der Waals surface area contributed by atoms with Gasteiger partial charge in [0.25, 0.3) is 0 Å². The van der Waals surface area contributed by atoms with Gasteiger partial charge in [-0.1, -0.05) is 13.8 Å². The maximum Gasteiger partial charge on any atom is 0.246 e. The van der Waals surface area contributed by atoms with E-state index in [0.29, 0.717) is 0 Å². The molecule has 0 aromatic heterocycles. The molecule has 2 rings (SSSR count). The summed E-state index contributed by atoms with van der Waals surface area (Å²) in [5.74, 6) is -1.35. The van der Waals surface area contributed by atoms with E-state index in [-0.39, 0.29) is 36.5 Å². The van der Waals surface area contributed by atoms with E-state index in [0.717, 1.165) is 0 Å². The van der Waals surface area contributed by atoms with Gasteiger partial charge in [0, 0.05) is 20.0 Å². The van der Waals surface area contributed by atoms with Crippen LogP contribution < -0.4 is 5.73 Å². The fourth-order valence-corrected chi connectivity index (χ4v) is 2.99. The number of carbonyl (C=O) groups excluding carboxylic acids is 3. The second kappa shape index (κ2) is 5.49. The minimum atomic E-state index is -0.829. The lowest BCUT2D eigenvalue weighted by atomic mass is 9.81. The number of carbonyl (C=O) groups is 3. The van der Waals surface area contributed by atoms with Crippen molar-refractivity contribution in [1.29, 1.82) is 0 Å². The molecular weight excluding hydrogens is 264 g/mol. The minimum Gasteiger partial charge on any atom is -0.367 e. The molecule has 2 fully saturated rings. The SMILES string of the molecule is COC1OC(C(N)=O)C(C)C(C)C1N1C(=O)CCC1=O. The first kappa shape index (κ1) is 14.9. The lowest BCUT2D eigenvalue weighted by Crippen LogP contribution is -2.61. The van der Waals surface area contributed by atoms with Gasteiger partial charge in [-0.25, -0.2) is 0 Å². The molecule has 0 saturated carbocycles. The molecule has 0 aromatic rings. The summed E-state index contributed by atoms with van der Waals surface area (Å²) in [6.45, 7) is 3.70. The highest BCUT2D eigenvalue weighted by atomic mass is 16.7. The molecule has 20 heavy (non-hydrogen) atoms. The van der Waals surface area contributed by atoms with Crippen LogP contribution in [0.4, 0.5) is 0 Å². The Morgan fingerprint density at radius 3 is 2.25 bits per heavy atom. The van der Waals surface area contributed by atoms with Crippen LogP contribution in [0.5, 0.6) is 0 Å². The highest BCUT2D eigenvalue weighted by Gasteiger charge is 2.50. The molecule has 7 nitrogen and oxygen atoms in total. The van der Waals surface area contributed by atoms with Gasteiger partial charge in [-0.05, 0) is 11.8 Å². The quantitative estimate of drug-likeness (QED) is 0.713. The largest absolute Gasteiger partial charge is 0.367 e. The van der Waals surface area contributed by atoms with Crippen molar-refractivity contribution in [3.63, 3.8) is 0 Å². The summed E-state index contributed by atoms with van der Waals surface area (Å²) in [5, 5.41) is 0. The number of primary amides is 1. The normalized spacial score (nSPS) is 38.4. The van der Waals surface area contributed by atoms with E-state index < -0.39 is 24.3 Å². The number of imide groups is 1. The summed E-state index contributed by atoms with van der Waals surface area (Å²) < 4.78 is 10.8. The highest BCUT2D eigenvalue weighted by molar-refractivity contribution is 6.02. The molecule has 7 heteroatoms. The van der Waals surface area contributed by atoms with Crippen LogP contribution in [0.25, 0.3) is 0 Å². The molecule has 3 amide bonds. The van der Waals surface area contributed by atoms with Crippen molar-refractivity contribution >= 4 is 17.7 Å². The summed E-state index contributed by atoms with van der Waals surface area (Å²) in [7, 11) is 1.42. The number of ether oxygens (including phenoxy) is 2. The van der Waals surface area contributed by atoms with Gasteiger partial charge in [0.05, 0.1) is 6.04 Å². The number of hydrogen-bond donors (Lipinski definition) is 1. The Bertz CT molecular complexity index is 420. The van der Waals surface area contributed by atoms with Gasteiger partial charge in [0.2, 0.25) is 17.7 Å². The number of nitrogens with zero attached hydrogens (tertiary/aromatic N) is 1. The fraction of sp³-hybridized carbons (Fsp3) is 0.769. The Labute approximate surface area is 117 Å². The monoisotopic (exact) mass is 284 g/mol. The summed E-state index contributed by atoms with van der Waals surface area (Å²) >= 11 is 0. The first-order chi connectivity index (χ1) is 9.38. The Morgan fingerprint density at radius 1 is 1.25 bits per heavy atom. The summed E-state index contributed by atoms with van der Waals surface area (Å²) in [4.78, 5) is 36.5. The third-order valence-corrected chi connectivity index (χ3v) is 4.31. The first-order valence-electron chi connectivity index (χ1n) is 6.71. The Hall–Kier alpha value is -1.47. The van der Waals surface area contributed by atoms with Crippen molar-refractivity contribution in [2.24, 2.45) is 17.6 Å². The number of hydrogen-bond acceptors (Lipinski definition) is 5. The van der Waals surface area contributed by atoms with Crippen molar-refractivity contribution in [3.8, 4) is 0 Å². The average molecular weight is 284 g/mol. The van der Waals surface area contributed by atoms with Crippen LogP contribution in [0.1, 0.15) is 26.7 Å².